The summed E-state index contributed by atoms with van der Waals surface area (Å²) in [4.78, 5) is 0. The van der Waals surface area contributed by atoms with Crippen molar-refractivity contribution in [3.05, 3.63) is 70.0 Å². The van der Waals surface area contributed by atoms with Crippen molar-refractivity contribution in [2.45, 2.75) is 33.2 Å². The van der Waals surface area contributed by atoms with Crippen LogP contribution in [-0.2, 0) is 6.42 Å². The molecular weight excluding hydrogens is 251 g/mol. The maximum absolute atomic E-state index is 13.3. The van der Waals surface area contributed by atoms with Gasteiger partial charge in [-0.15, -0.1) is 0 Å². The van der Waals surface area contributed by atoms with Gasteiger partial charge in [-0.05, 0) is 61.6 Å². The van der Waals surface area contributed by atoms with Crippen molar-refractivity contribution in [1.29, 1.82) is 0 Å². The number of benzene rings is 2. The van der Waals surface area contributed by atoms with E-state index < -0.39 is 0 Å². The standard InChI is InChI=1S/C17H21FN2/c1-11-7-12(2)17(13(3)8-11)16(20-19)10-14-5-4-6-15(18)9-14/h4-9,16,20H,10,19H2,1-3H3. The van der Waals surface area contributed by atoms with Gasteiger partial charge in [-0.1, -0.05) is 29.8 Å². The highest BCUT2D eigenvalue weighted by molar-refractivity contribution is 5.40. The lowest BCUT2D eigenvalue weighted by Crippen LogP contribution is -2.30. The molecule has 106 valence electrons. The molecule has 1 atom stereocenters. The Hall–Kier alpha value is -1.71. The van der Waals surface area contributed by atoms with Crippen molar-refractivity contribution < 1.29 is 4.39 Å². The molecule has 1 unspecified atom stereocenters. The Balaban J connectivity index is 2.34. The summed E-state index contributed by atoms with van der Waals surface area (Å²) >= 11 is 0. The predicted octanol–water partition coefficient (Wildman–Crippen LogP) is 3.50. The number of aryl methyl sites for hydroxylation is 3. The third-order valence-electron chi connectivity index (χ3n) is 3.62. The highest BCUT2D eigenvalue weighted by Crippen LogP contribution is 2.26. The van der Waals surface area contributed by atoms with Gasteiger partial charge in [0.05, 0.1) is 6.04 Å². The Morgan fingerprint density at radius 3 is 2.30 bits per heavy atom. The van der Waals surface area contributed by atoms with Crippen LogP contribution < -0.4 is 11.3 Å². The molecule has 2 aromatic carbocycles. The number of nitrogens with one attached hydrogen (secondary N) is 1. The first-order chi connectivity index (χ1) is 9.51. The number of halogens is 1. The first-order valence-electron chi connectivity index (χ1n) is 6.79. The average molecular weight is 272 g/mol. The minimum atomic E-state index is -0.212. The summed E-state index contributed by atoms with van der Waals surface area (Å²) < 4.78 is 13.3. The zero-order valence-electron chi connectivity index (χ0n) is 12.2. The first-order valence-corrected chi connectivity index (χ1v) is 6.79. The van der Waals surface area contributed by atoms with E-state index in [4.69, 9.17) is 5.84 Å². The molecule has 3 N–H and O–H groups in total. The maximum atomic E-state index is 13.3. The molecule has 0 bridgehead atoms. The van der Waals surface area contributed by atoms with E-state index in [2.05, 4.69) is 38.3 Å². The fourth-order valence-electron chi connectivity index (χ4n) is 2.88. The lowest BCUT2D eigenvalue weighted by Gasteiger charge is -2.21. The van der Waals surface area contributed by atoms with Crippen LogP contribution in [0.15, 0.2) is 36.4 Å². The molecule has 0 saturated carbocycles. The molecule has 0 spiro atoms. The lowest BCUT2D eigenvalue weighted by molar-refractivity contribution is 0.543. The molecule has 0 aromatic heterocycles. The second-order valence-corrected chi connectivity index (χ2v) is 5.37. The van der Waals surface area contributed by atoms with Crippen molar-refractivity contribution in [3.8, 4) is 0 Å². The molecule has 0 amide bonds. The van der Waals surface area contributed by atoms with Gasteiger partial charge in [0.1, 0.15) is 5.82 Å². The van der Waals surface area contributed by atoms with Gasteiger partial charge in [0.2, 0.25) is 0 Å². The number of rotatable bonds is 4. The molecule has 2 nitrogen and oxygen atoms in total. The van der Waals surface area contributed by atoms with E-state index in [1.807, 2.05) is 6.07 Å². The summed E-state index contributed by atoms with van der Waals surface area (Å²) in [6.07, 6.45) is 0.666. The molecular formula is C17H21FN2. The van der Waals surface area contributed by atoms with E-state index in [9.17, 15) is 4.39 Å². The van der Waals surface area contributed by atoms with Gasteiger partial charge in [0.25, 0.3) is 0 Å². The quantitative estimate of drug-likeness (QED) is 0.660. The molecule has 0 aliphatic heterocycles. The predicted molar refractivity (Wildman–Crippen MR) is 80.8 cm³/mol. The van der Waals surface area contributed by atoms with Crippen LogP contribution in [-0.4, -0.2) is 0 Å². The van der Waals surface area contributed by atoms with Crippen LogP contribution in [0.3, 0.4) is 0 Å². The molecule has 2 aromatic rings. The highest BCUT2D eigenvalue weighted by atomic mass is 19.1. The molecule has 20 heavy (non-hydrogen) atoms. The Labute approximate surface area is 119 Å². The van der Waals surface area contributed by atoms with Gasteiger partial charge in [0.15, 0.2) is 0 Å². The van der Waals surface area contributed by atoms with Gasteiger partial charge in [-0.2, -0.15) is 0 Å². The van der Waals surface area contributed by atoms with Crippen LogP contribution in [0.25, 0.3) is 0 Å². The molecule has 0 aliphatic carbocycles. The zero-order valence-corrected chi connectivity index (χ0v) is 12.2. The molecule has 0 saturated heterocycles. The van der Waals surface area contributed by atoms with Crippen molar-refractivity contribution in [2.24, 2.45) is 5.84 Å². The lowest BCUT2D eigenvalue weighted by atomic mass is 9.91. The number of hydrogen-bond donors (Lipinski definition) is 2. The zero-order chi connectivity index (χ0) is 14.7. The van der Waals surface area contributed by atoms with Gasteiger partial charge in [-0.3, -0.25) is 11.3 Å². The fraction of sp³-hybridized carbons (Fsp3) is 0.294. The second-order valence-electron chi connectivity index (χ2n) is 5.37. The molecule has 2 rings (SSSR count). The molecule has 0 radical (unpaired) electrons. The van der Waals surface area contributed by atoms with E-state index in [1.54, 1.807) is 12.1 Å². The molecule has 3 heteroatoms. The topological polar surface area (TPSA) is 38.0 Å². The molecule has 0 fully saturated rings. The van der Waals surface area contributed by atoms with E-state index in [1.165, 1.54) is 28.3 Å². The largest absolute Gasteiger partial charge is 0.271 e. The Bertz CT molecular complexity index is 585. The Morgan fingerprint density at radius 1 is 1.10 bits per heavy atom. The average Bonchev–Trinajstić information content (AvgIpc) is 2.36. The normalized spacial score (nSPS) is 12.4. The van der Waals surface area contributed by atoms with Crippen molar-refractivity contribution in [3.63, 3.8) is 0 Å². The minimum Gasteiger partial charge on any atom is -0.271 e. The first kappa shape index (κ1) is 14.7. The van der Waals surface area contributed by atoms with E-state index >= 15 is 0 Å². The second kappa shape index (κ2) is 6.16. The third-order valence-corrected chi connectivity index (χ3v) is 3.62. The van der Waals surface area contributed by atoms with Crippen LogP contribution in [0.4, 0.5) is 4.39 Å². The summed E-state index contributed by atoms with van der Waals surface area (Å²) in [6.45, 7) is 6.26. The maximum Gasteiger partial charge on any atom is 0.123 e. The smallest absolute Gasteiger partial charge is 0.123 e. The van der Waals surface area contributed by atoms with Gasteiger partial charge in [0, 0.05) is 0 Å². The van der Waals surface area contributed by atoms with Crippen molar-refractivity contribution >= 4 is 0 Å². The van der Waals surface area contributed by atoms with E-state index in [0.717, 1.165) is 5.56 Å². The summed E-state index contributed by atoms with van der Waals surface area (Å²) in [5.74, 6) is 5.51. The summed E-state index contributed by atoms with van der Waals surface area (Å²) in [5.41, 5.74) is 8.66. The van der Waals surface area contributed by atoms with Crippen LogP contribution in [0.1, 0.15) is 33.9 Å². The molecule has 0 aliphatic rings. The van der Waals surface area contributed by atoms with E-state index in [-0.39, 0.29) is 11.9 Å². The summed E-state index contributed by atoms with van der Waals surface area (Å²) in [6, 6.07) is 11.0. The monoisotopic (exact) mass is 272 g/mol. The Morgan fingerprint density at radius 2 is 1.75 bits per heavy atom. The van der Waals surface area contributed by atoms with Gasteiger partial charge < -0.3 is 0 Å². The Kier molecular flexibility index (Phi) is 4.53. The van der Waals surface area contributed by atoms with Crippen LogP contribution in [0, 0.1) is 26.6 Å². The fourth-order valence-corrected chi connectivity index (χ4v) is 2.88. The number of nitrogens with two attached hydrogens (primary N) is 1. The highest BCUT2D eigenvalue weighted by Gasteiger charge is 2.16. The van der Waals surface area contributed by atoms with Crippen LogP contribution in [0.2, 0.25) is 0 Å². The van der Waals surface area contributed by atoms with E-state index in [0.29, 0.717) is 6.42 Å². The van der Waals surface area contributed by atoms with Crippen LogP contribution in [0.5, 0.6) is 0 Å². The summed E-state index contributed by atoms with van der Waals surface area (Å²) in [7, 11) is 0. The third kappa shape index (κ3) is 3.24. The van der Waals surface area contributed by atoms with Crippen molar-refractivity contribution in [1.82, 2.24) is 5.43 Å². The number of hydrogen-bond acceptors (Lipinski definition) is 2. The van der Waals surface area contributed by atoms with Gasteiger partial charge >= 0.3 is 0 Å². The number of hydrazine groups is 1. The minimum absolute atomic E-state index is 0.0163. The van der Waals surface area contributed by atoms with Crippen molar-refractivity contribution in [2.75, 3.05) is 0 Å². The SMILES string of the molecule is Cc1cc(C)c(C(Cc2cccc(F)c2)NN)c(C)c1. The van der Waals surface area contributed by atoms with Crippen LogP contribution >= 0.6 is 0 Å². The van der Waals surface area contributed by atoms with Gasteiger partial charge in [-0.25, -0.2) is 4.39 Å². The molecule has 0 heterocycles. The summed E-state index contributed by atoms with van der Waals surface area (Å²) in [5, 5.41) is 0.